The first-order valence-electron chi connectivity index (χ1n) is 14.9. The Labute approximate surface area is 235 Å². The average molecular weight is 527 g/mol. The number of nitrogens with zero attached hydrogens (tertiary/aromatic N) is 2. The van der Waals surface area contributed by atoms with Gasteiger partial charge in [-0.05, 0) is 101 Å². The molecular formula is C35H46N2O2. The first kappa shape index (κ1) is 27.9. The number of aromatic nitrogens is 1. The summed E-state index contributed by atoms with van der Waals surface area (Å²) in [5.74, 6) is 2.79. The van der Waals surface area contributed by atoms with Gasteiger partial charge in [-0.3, -0.25) is 9.88 Å². The fraction of sp³-hybridized carbons (Fsp3) is 0.514. The van der Waals surface area contributed by atoms with E-state index in [9.17, 15) is 5.11 Å². The number of benzene rings is 2. The normalized spacial score (nSPS) is 23.7. The van der Waals surface area contributed by atoms with Crippen LogP contribution in [-0.2, 0) is 11.3 Å². The van der Waals surface area contributed by atoms with Crippen LogP contribution in [0.5, 0.6) is 5.75 Å². The topological polar surface area (TPSA) is 45.6 Å². The van der Waals surface area contributed by atoms with Gasteiger partial charge in [0.1, 0.15) is 5.75 Å². The van der Waals surface area contributed by atoms with Gasteiger partial charge in [-0.1, -0.05) is 59.8 Å². The van der Waals surface area contributed by atoms with Crippen molar-refractivity contribution in [3.63, 3.8) is 0 Å². The van der Waals surface area contributed by atoms with Crippen molar-refractivity contribution in [2.24, 2.45) is 11.8 Å². The maximum absolute atomic E-state index is 10.4. The number of piperidine rings is 3. The first-order valence-corrected chi connectivity index (χ1v) is 14.9. The Kier molecular flexibility index (Phi) is 8.16. The molecule has 208 valence electrons. The average Bonchev–Trinajstić information content (AvgIpc) is 2.93. The number of phenols is 1. The molecule has 4 heteroatoms. The van der Waals surface area contributed by atoms with E-state index in [-0.39, 0.29) is 17.9 Å². The maximum atomic E-state index is 10.4. The Morgan fingerprint density at radius 1 is 1.00 bits per heavy atom. The third kappa shape index (κ3) is 5.51. The number of hydrogen-bond donors (Lipinski definition) is 1. The second-order valence-corrected chi connectivity index (χ2v) is 12.7. The number of rotatable bonds is 9. The van der Waals surface area contributed by atoms with Gasteiger partial charge >= 0.3 is 0 Å². The van der Waals surface area contributed by atoms with Crippen molar-refractivity contribution in [2.45, 2.75) is 90.9 Å². The van der Waals surface area contributed by atoms with Crippen LogP contribution in [0, 0.1) is 11.8 Å². The Morgan fingerprint density at radius 2 is 1.72 bits per heavy atom. The molecule has 0 saturated carbocycles. The molecule has 4 nitrogen and oxygen atoms in total. The van der Waals surface area contributed by atoms with E-state index in [2.05, 4.69) is 82.3 Å². The number of ether oxygens (including phenoxy) is 1. The predicted molar refractivity (Wildman–Crippen MR) is 161 cm³/mol. The monoisotopic (exact) mass is 526 g/mol. The highest BCUT2D eigenvalue weighted by Crippen LogP contribution is 2.44. The zero-order chi connectivity index (χ0) is 27.8. The molecule has 2 bridgehead atoms. The molecule has 0 spiro atoms. The summed E-state index contributed by atoms with van der Waals surface area (Å²) in [5, 5.41) is 11.4. The largest absolute Gasteiger partial charge is 0.508 e. The lowest BCUT2D eigenvalue weighted by atomic mass is 9.73. The minimum atomic E-state index is -0.115. The Balaban J connectivity index is 1.58. The van der Waals surface area contributed by atoms with Gasteiger partial charge in [0.25, 0.3) is 0 Å². The highest BCUT2D eigenvalue weighted by Gasteiger charge is 2.43. The van der Waals surface area contributed by atoms with Crippen LogP contribution < -0.4 is 0 Å². The number of fused-ring (bicyclic) bond motifs is 4. The first-order chi connectivity index (χ1) is 18.7. The maximum Gasteiger partial charge on any atom is 0.116 e. The predicted octanol–water partition coefficient (Wildman–Crippen LogP) is 8.46. The smallest absolute Gasteiger partial charge is 0.116 e. The van der Waals surface area contributed by atoms with E-state index < -0.39 is 0 Å². The van der Waals surface area contributed by atoms with Gasteiger partial charge in [-0.2, -0.15) is 0 Å². The van der Waals surface area contributed by atoms with E-state index in [1.54, 1.807) is 6.07 Å². The third-order valence-corrected chi connectivity index (χ3v) is 9.23. The van der Waals surface area contributed by atoms with E-state index in [0.29, 0.717) is 36.2 Å². The fourth-order valence-electron chi connectivity index (χ4n) is 6.95. The summed E-state index contributed by atoms with van der Waals surface area (Å²) in [6.07, 6.45) is 6.26. The Bertz CT molecular complexity index is 1300. The minimum Gasteiger partial charge on any atom is -0.508 e. The quantitative estimate of drug-likeness (QED) is 0.284. The minimum absolute atomic E-state index is 0.115. The van der Waals surface area contributed by atoms with Crippen LogP contribution in [0.3, 0.4) is 0 Å². The van der Waals surface area contributed by atoms with Crippen molar-refractivity contribution in [1.82, 2.24) is 9.88 Å². The molecule has 3 aliphatic rings. The lowest BCUT2D eigenvalue weighted by Gasteiger charge is -2.51. The van der Waals surface area contributed by atoms with E-state index in [1.807, 2.05) is 18.3 Å². The van der Waals surface area contributed by atoms with E-state index in [1.165, 1.54) is 28.7 Å². The van der Waals surface area contributed by atoms with Crippen molar-refractivity contribution in [3.05, 3.63) is 83.1 Å². The van der Waals surface area contributed by atoms with Gasteiger partial charge in [0, 0.05) is 24.2 Å². The van der Waals surface area contributed by atoms with Crippen LogP contribution in [0.2, 0.25) is 0 Å². The van der Waals surface area contributed by atoms with Crippen molar-refractivity contribution < 1.29 is 9.84 Å². The van der Waals surface area contributed by atoms with E-state index in [0.717, 1.165) is 36.0 Å². The molecule has 0 aliphatic carbocycles. The molecule has 1 unspecified atom stereocenters. The summed E-state index contributed by atoms with van der Waals surface area (Å²) >= 11 is 0. The molecule has 3 fully saturated rings. The number of hydrogen-bond acceptors (Lipinski definition) is 4. The van der Waals surface area contributed by atoms with Gasteiger partial charge < -0.3 is 9.84 Å². The lowest BCUT2D eigenvalue weighted by molar-refractivity contribution is -0.0805. The van der Waals surface area contributed by atoms with E-state index in [4.69, 9.17) is 4.74 Å². The summed E-state index contributed by atoms with van der Waals surface area (Å²) in [6, 6.07) is 12.7. The zero-order valence-electron chi connectivity index (χ0n) is 24.7. The molecule has 5 atom stereocenters. The van der Waals surface area contributed by atoms with Crippen molar-refractivity contribution in [1.29, 1.82) is 0 Å². The molecule has 6 rings (SSSR count). The SMILES string of the molecule is C=C[C@H]1CN2CC[C@H]1C[C@H]2[C@H](OCc1c(C(C)C)cc(C(C)C)cc1C(C)C)c1ccnc2ccc(O)cc12. The second kappa shape index (κ2) is 11.4. The third-order valence-electron chi connectivity index (χ3n) is 9.23. The summed E-state index contributed by atoms with van der Waals surface area (Å²) in [5.41, 5.74) is 7.57. The van der Waals surface area contributed by atoms with Crippen LogP contribution in [0.1, 0.15) is 106 Å². The van der Waals surface area contributed by atoms with Gasteiger partial charge in [-0.15, -0.1) is 6.58 Å². The molecule has 0 radical (unpaired) electrons. The van der Waals surface area contributed by atoms with Crippen molar-refractivity contribution >= 4 is 10.9 Å². The fourth-order valence-corrected chi connectivity index (χ4v) is 6.95. The molecule has 3 aliphatic heterocycles. The molecule has 2 aromatic carbocycles. The van der Waals surface area contributed by atoms with Crippen LogP contribution in [0.25, 0.3) is 10.9 Å². The number of pyridine rings is 1. The van der Waals surface area contributed by atoms with Gasteiger partial charge in [-0.25, -0.2) is 0 Å². The molecule has 3 saturated heterocycles. The second-order valence-electron chi connectivity index (χ2n) is 12.7. The highest BCUT2D eigenvalue weighted by atomic mass is 16.5. The molecule has 1 aromatic heterocycles. The van der Waals surface area contributed by atoms with Crippen molar-refractivity contribution in [3.8, 4) is 5.75 Å². The van der Waals surface area contributed by atoms with Gasteiger partial charge in [0.05, 0.1) is 18.2 Å². The standard InChI is InChI=1S/C35H46N2O2/c1-8-24-19-37-14-12-25(24)17-34(37)35(28-11-13-36-33-10-9-27(38)18-31(28)33)39-20-32-29(22(4)5)15-26(21(2)3)16-30(32)23(6)7/h8-11,13,15-16,18,21-25,34-35,38H,1,12,14,17,19-20H2,2-7H3/t24-,25-,34-,35+/m0/s1. The molecule has 0 amide bonds. The van der Waals surface area contributed by atoms with Crippen LogP contribution >= 0.6 is 0 Å². The summed E-state index contributed by atoms with van der Waals surface area (Å²) < 4.78 is 7.13. The molecule has 1 N–H and O–H groups in total. The van der Waals surface area contributed by atoms with E-state index >= 15 is 0 Å². The van der Waals surface area contributed by atoms with Gasteiger partial charge in [0.2, 0.25) is 0 Å². The Hall–Kier alpha value is -2.69. The molecule has 39 heavy (non-hydrogen) atoms. The summed E-state index contributed by atoms with van der Waals surface area (Å²) in [4.78, 5) is 7.23. The Morgan fingerprint density at radius 3 is 2.31 bits per heavy atom. The van der Waals surface area contributed by atoms with Crippen LogP contribution in [0.4, 0.5) is 0 Å². The lowest BCUT2D eigenvalue weighted by Crippen LogP contribution is -2.55. The number of phenolic OH excluding ortho intramolecular Hbond substituents is 1. The molecule has 4 heterocycles. The van der Waals surface area contributed by atoms with Crippen molar-refractivity contribution in [2.75, 3.05) is 13.1 Å². The highest BCUT2D eigenvalue weighted by molar-refractivity contribution is 5.83. The molecule has 3 aromatic rings. The number of aromatic hydroxyl groups is 1. The summed E-state index contributed by atoms with van der Waals surface area (Å²) in [7, 11) is 0. The molecular weight excluding hydrogens is 480 g/mol. The van der Waals surface area contributed by atoms with Gasteiger partial charge in [0.15, 0.2) is 0 Å². The van der Waals surface area contributed by atoms with Crippen LogP contribution in [-0.4, -0.2) is 34.1 Å². The summed E-state index contributed by atoms with van der Waals surface area (Å²) in [6.45, 7) is 20.6. The van der Waals surface area contributed by atoms with Crippen LogP contribution in [0.15, 0.2) is 55.3 Å². The zero-order valence-corrected chi connectivity index (χ0v) is 24.7.